The lowest BCUT2D eigenvalue weighted by molar-refractivity contribution is 0.252. The van der Waals surface area contributed by atoms with Crippen molar-refractivity contribution in [1.82, 2.24) is 15.2 Å². The molecule has 1 saturated heterocycles. The highest BCUT2D eigenvalue weighted by molar-refractivity contribution is 5.42. The van der Waals surface area contributed by atoms with E-state index >= 15 is 0 Å². The Morgan fingerprint density at radius 2 is 2.05 bits per heavy atom. The molecule has 4 heteroatoms. The number of likely N-dealkylation sites (tertiary alicyclic amines) is 1. The molecule has 0 aromatic carbocycles. The van der Waals surface area contributed by atoms with Crippen LogP contribution in [0.4, 0.5) is 5.82 Å². The van der Waals surface area contributed by atoms with Crippen molar-refractivity contribution in [3.05, 3.63) is 23.4 Å². The van der Waals surface area contributed by atoms with Crippen molar-refractivity contribution in [1.29, 1.82) is 0 Å². The summed E-state index contributed by atoms with van der Waals surface area (Å²) in [5.41, 5.74) is 2.41. The molecule has 0 unspecified atom stereocenters. The van der Waals surface area contributed by atoms with Gasteiger partial charge in [-0.1, -0.05) is 6.07 Å². The molecular formula is C15H26N4. The molecule has 1 aliphatic rings. The standard InChI is InChI=1S/C15H26N4/c1-12-13(11-16-2)5-6-15(17-12)19(4)14-7-9-18(3)10-8-14/h5-6,14,16H,7-11H2,1-4H3. The first kappa shape index (κ1) is 14.3. The van der Waals surface area contributed by atoms with Crippen LogP contribution in [0.15, 0.2) is 12.1 Å². The topological polar surface area (TPSA) is 31.4 Å². The van der Waals surface area contributed by atoms with Gasteiger partial charge in [0.15, 0.2) is 0 Å². The van der Waals surface area contributed by atoms with E-state index in [4.69, 9.17) is 4.98 Å². The van der Waals surface area contributed by atoms with E-state index in [-0.39, 0.29) is 0 Å². The van der Waals surface area contributed by atoms with Crippen molar-refractivity contribution in [3.8, 4) is 0 Å². The molecule has 1 aromatic rings. The molecule has 4 nitrogen and oxygen atoms in total. The van der Waals surface area contributed by atoms with Gasteiger partial charge in [0.05, 0.1) is 0 Å². The first-order chi connectivity index (χ1) is 9.11. The molecule has 19 heavy (non-hydrogen) atoms. The Morgan fingerprint density at radius 1 is 1.37 bits per heavy atom. The van der Waals surface area contributed by atoms with E-state index in [1.807, 2.05) is 7.05 Å². The average molecular weight is 262 g/mol. The van der Waals surface area contributed by atoms with Crippen LogP contribution in [-0.4, -0.2) is 50.2 Å². The number of nitrogens with one attached hydrogen (secondary N) is 1. The van der Waals surface area contributed by atoms with Gasteiger partial charge in [0, 0.05) is 25.3 Å². The molecule has 0 saturated carbocycles. The third kappa shape index (κ3) is 3.45. The van der Waals surface area contributed by atoms with Crippen molar-refractivity contribution < 1.29 is 0 Å². The van der Waals surface area contributed by atoms with E-state index in [9.17, 15) is 0 Å². The predicted octanol–water partition coefficient (Wildman–Crippen LogP) is 1.64. The van der Waals surface area contributed by atoms with Gasteiger partial charge < -0.3 is 15.1 Å². The second kappa shape index (κ2) is 6.35. The van der Waals surface area contributed by atoms with Gasteiger partial charge in [0.1, 0.15) is 5.82 Å². The highest BCUT2D eigenvalue weighted by atomic mass is 15.2. The number of piperidine rings is 1. The molecule has 0 amide bonds. The van der Waals surface area contributed by atoms with Crippen molar-refractivity contribution in [2.24, 2.45) is 0 Å². The Kier molecular flexibility index (Phi) is 4.77. The van der Waals surface area contributed by atoms with Gasteiger partial charge in [-0.15, -0.1) is 0 Å². The maximum absolute atomic E-state index is 4.76. The summed E-state index contributed by atoms with van der Waals surface area (Å²) in [5.74, 6) is 1.10. The molecule has 0 spiro atoms. The van der Waals surface area contributed by atoms with E-state index in [0.717, 1.165) is 18.1 Å². The summed E-state index contributed by atoms with van der Waals surface area (Å²) in [7, 11) is 6.35. The zero-order chi connectivity index (χ0) is 13.8. The van der Waals surface area contributed by atoms with E-state index in [2.05, 4.69) is 48.3 Å². The summed E-state index contributed by atoms with van der Waals surface area (Å²) in [5, 5.41) is 3.18. The number of hydrogen-bond acceptors (Lipinski definition) is 4. The maximum Gasteiger partial charge on any atom is 0.128 e. The van der Waals surface area contributed by atoms with Crippen LogP contribution in [0.3, 0.4) is 0 Å². The van der Waals surface area contributed by atoms with Crippen molar-refractivity contribution in [3.63, 3.8) is 0 Å². The summed E-state index contributed by atoms with van der Waals surface area (Å²) in [6.07, 6.45) is 2.46. The van der Waals surface area contributed by atoms with Gasteiger partial charge >= 0.3 is 0 Å². The van der Waals surface area contributed by atoms with E-state index in [1.165, 1.54) is 31.5 Å². The Labute approximate surface area is 116 Å². The smallest absolute Gasteiger partial charge is 0.128 e. The predicted molar refractivity (Wildman–Crippen MR) is 80.7 cm³/mol. The minimum Gasteiger partial charge on any atom is -0.357 e. The van der Waals surface area contributed by atoms with Crippen molar-refractivity contribution in [2.75, 3.05) is 39.1 Å². The lowest BCUT2D eigenvalue weighted by atomic mass is 10.0. The number of hydrogen-bond donors (Lipinski definition) is 1. The second-order valence-electron chi connectivity index (χ2n) is 5.59. The molecule has 0 radical (unpaired) electrons. The summed E-state index contributed by atoms with van der Waals surface area (Å²) in [4.78, 5) is 9.51. The summed E-state index contributed by atoms with van der Waals surface area (Å²) >= 11 is 0. The van der Waals surface area contributed by atoms with E-state index < -0.39 is 0 Å². The maximum atomic E-state index is 4.76. The molecule has 0 atom stereocenters. The number of pyridine rings is 1. The van der Waals surface area contributed by atoms with Crippen LogP contribution in [0.25, 0.3) is 0 Å². The number of aromatic nitrogens is 1. The molecule has 106 valence electrons. The highest BCUT2D eigenvalue weighted by Gasteiger charge is 2.21. The Hall–Kier alpha value is -1.13. The Morgan fingerprint density at radius 3 is 2.63 bits per heavy atom. The van der Waals surface area contributed by atoms with Gasteiger partial charge in [-0.2, -0.15) is 0 Å². The molecule has 0 aliphatic carbocycles. The number of nitrogens with zero attached hydrogens (tertiary/aromatic N) is 3. The fourth-order valence-electron chi connectivity index (χ4n) is 2.72. The average Bonchev–Trinajstić information content (AvgIpc) is 2.41. The van der Waals surface area contributed by atoms with E-state index in [0.29, 0.717) is 6.04 Å². The van der Waals surface area contributed by atoms with Crippen LogP contribution < -0.4 is 10.2 Å². The monoisotopic (exact) mass is 262 g/mol. The second-order valence-corrected chi connectivity index (χ2v) is 5.59. The molecule has 1 fully saturated rings. The summed E-state index contributed by atoms with van der Waals surface area (Å²) < 4.78 is 0. The largest absolute Gasteiger partial charge is 0.357 e. The molecule has 0 bridgehead atoms. The van der Waals surface area contributed by atoms with Gasteiger partial charge in [-0.3, -0.25) is 0 Å². The molecule has 1 aliphatic heterocycles. The lowest BCUT2D eigenvalue weighted by Gasteiger charge is -2.35. The minimum absolute atomic E-state index is 0.623. The zero-order valence-corrected chi connectivity index (χ0v) is 12.6. The number of rotatable bonds is 4. The van der Waals surface area contributed by atoms with Crippen molar-refractivity contribution in [2.45, 2.75) is 32.4 Å². The molecule has 1 aromatic heterocycles. The quantitative estimate of drug-likeness (QED) is 0.894. The normalized spacial score (nSPS) is 17.7. The first-order valence-electron chi connectivity index (χ1n) is 7.14. The first-order valence-corrected chi connectivity index (χ1v) is 7.14. The fraction of sp³-hybridized carbons (Fsp3) is 0.667. The highest BCUT2D eigenvalue weighted by Crippen LogP contribution is 2.21. The molecular weight excluding hydrogens is 236 g/mol. The molecule has 2 rings (SSSR count). The fourth-order valence-corrected chi connectivity index (χ4v) is 2.72. The van der Waals surface area contributed by atoms with Crippen molar-refractivity contribution >= 4 is 5.82 Å². The lowest BCUT2D eigenvalue weighted by Crippen LogP contribution is -2.42. The Balaban J connectivity index is 2.06. The SMILES string of the molecule is CNCc1ccc(N(C)C2CCN(C)CC2)nc1C. The van der Waals surface area contributed by atoms with Gasteiger partial charge in [0.25, 0.3) is 0 Å². The van der Waals surface area contributed by atoms with Gasteiger partial charge in [-0.25, -0.2) is 4.98 Å². The molecule has 1 N–H and O–H groups in total. The van der Waals surface area contributed by atoms with Crippen LogP contribution in [-0.2, 0) is 6.54 Å². The molecule has 2 heterocycles. The summed E-state index contributed by atoms with van der Waals surface area (Å²) in [6.45, 7) is 5.35. The number of anilines is 1. The zero-order valence-electron chi connectivity index (χ0n) is 12.6. The van der Waals surface area contributed by atoms with Gasteiger partial charge in [0.2, 0.25) is 0 Å². The summed E-state index contributed by atoms with van der Waals surface area (Å²) in [6, 6.07) is 4.97. The third-order valence-electron chi connectivity index (χ3n) is 4.14. The van der Waals surface area contributed by atoms with Crippen LogP contribution in [0.2, 0.25) is 0 Å². The number of aryl methyl sites for hydroxylation is 1. The van der Waals surface area contributed by atoms with Crippen LogP contribution in [0, 0.1) is 6.92 Å². The van der Waals surface area contributed by atoms with E-state index in [1.54, 1.807) is 0 Å². The Bertz CT molecular complexity index is 411. The van der Waals surface area contributed by atoms with Crippen LogP contribution in [0.5, 0.6) is 0 Å². The van der Waals surface area contributed by atoms with Crippen LogP contribution in [0.1, 0.15) is 24.1 Å². The minimum atomic E-state index is 0.623. The van der Waals surface area contributed by atoms with Gasteiger partial charge in [-0.05, 0) is 58.6 Å². The van der Waals surface area contributed by atoms with Crippen LogP contribution >= 0.6 is 0 Å². The third-order valence-corrected chi connectivity index (χ3v) is 4.14.